The summed E-state index contributed by atoms with van der Waals surface area (Å²) in [5.74, 6) is 2.03. The quantitative estimate of drug-likeness (QED) is 0.198. The maximum absolute atomic E-state index is 12.9. The zero-order valence-electron chi connectivity index (χ0n) is 16.3. The van der Waals surface area contributed by atoms with Crippen LogP contribution in [0.2, 0.25) is 0 Å². The highest BCUT2D eigenvalue weighted by molar-refractivity contribution is 14.0. The van der Waals surface area contributed by atoms with E-state index in [0.717, 1.165) is 55.5 Å². The van der Waals surface area contributed by atoms with Gasteiger partial charge in [0.25, 0.3) is 0 Å². The summed E-state index contributed by atoms with van der Waals surface area (Å²) in [5.41, 5.74) is 0. The van der Waals surface area contributed by atoms with Gasteiger partial charge < -0.3 is 15.5 Å². The average molecular weight is 520 g/mol. The van der Waals surface area contributed by atoms with E-state index in [1.54, 1.807) is 30.9 Å². The van der Waals surface area contributed by atoms with Crippen molar-refractivity contribution >= 4 is 47.6 Å². The average Bonchev–Trinajstić information content (AvgIpc) is 3.37. The van der Waals surface area contributed by atoms with Crippen LogP contribution in [-0.2, 0) is 4.79 Å². The van der Waals surface area contributed by atoms with Gasteiger partial charge in [-0.3, -0.25) is 9.79 Å². The number of benzene rings is 1. The zero-order chi connectivity index (χ0) is 19.1. The third kappa shape index (κ3) is 6.79. The second kappa shape index (κ2) is 11.8. The molecule has 1 saturated heterocycles. The van der Waals surface area contributed by atoms with Crippen LogP contribution < -0.4 is 10.6 Å². The smallest absolute Gasteiger partial charge is 0.225 e. The molecule has 1 saturated carbocycles. The molecule has 0 spiro atoms. The summed E-state index contributed by atoms with van der Waals surface area (Å²) in [6.07, 6.45) is 5.46. The number of guanidine groups is 1. The predicted octanol–water partition coefficient (Wildman–Crippen LogP) is 3.49. The van der Waals surface area contributed by atoms with Gasteiger partial charge in [-0.15, -0.1) is 35.7 Å². The molecule has 0 radical (unpaired) electrons. The highest BCUT2D eigenvalue weighted by Gasteiger charge is 2.32. The number of hydrogen-bond acceptors (Lipinski definition) is 3. The van der Waals surface area contributed by atoms with Crippen LogP contribution in [0.25, 0.3) is 0 Å². The Labute approximate surface area is 188 Å². The molecule has 1 unspecified atom stereocenters. The molecule has 28 heavy (non-hydrogen) atoms. The van der Waals surface area contributed by atoms with Crippen molar-refractivity contribution in [2.24, 2.45) is 10.9 Å². The molecule has 2 N–H and O–H groups in total. The van der Waals surface area contributed by atoms with Crippen LogP contribution >= 0.6 is 35.7 Å². The molecule has 0 bridgehead atoms. The van der Waals surface area contributed by atoms with E-state index in [4.69, 9.17) is 0 Å². The molecule has 5 nitrogen and oxygen atoms in total. The Morgan fingerprint density at radius 2 is 1.96 bits per heavy atom. The predicted molar refractivity (Wildman–Crippen MR) is 124 cm³/mol. The topological polar surface area (TPSA) is 56.7 Å². The molecule has 3 rings (SSSR count). The largest absolute Gasteiger partial charge is 0.356 e. The number of carbonyl (C=O) groups excluding carboxylic acids is 1. The van der Waals surface area contributed by atoms with Crippen LogP contribution in [0, 0.1) is 11.7 Å². The fraction of sp³-hybridized carbons (Fsp3) is 0.600. The minimum absolute atomic E-state index is 0. The number of carbonyl (C=O) groups is 1. The number of nitrogens with zero attached hydrogens (tertiary/aromatic N) is 2. The molecule has 1 aromatic carbocycles. The van der Waals surface area contributed by atoms with Gasteiger partial charge in [0.1, 0.15) is 5.82 Å². The SMILES string of the molecule is CN=C(NCCSc1ccc(F)cc1)NC1CCN(C(=O)C2CCCC2)C1.I. The van der Waals surface area contributed by atoms with Crippen molar-refractivity contribution in [3.8, 4) is 0 Å². The number of aliphatic imine (C=N–C) groups is 1. The first kappa shape index (κ1) is 23.3. The van der Waals surface area contributed by atoms with Crippen molar-refractivity contribution in [1.82, 2.24) is 15.5 Å². The van der Waals surface area contributed by atoms with E-state index in [9.17, 15) is 9.18 Å². The van der Waals surface area contributed by atoms with E-state index in [-0.39, 0.29) is 41.8 Å². The molecule has 1 aliphatic carbocycles. The van der Waals surface area contributed by atoms with E-state index in [2.05, 4.69) is 15.6 Å². The molecular formula is C20H30FIN4OS. The third-order valence-corrected chi connectivity index (χ3v) is 6.26. The second-order valence-corrected chi connectivity index (χ2v) is 8.37. The first-order valence-corrected chi connectivity index (χ1v) is 10.8. The highest BCUT2D eigenvalue weighted by Crippen LogP contribution is 2.27. The number of thioether (sulfide) groups is 1. The number of hydrogen-bond donors (Lipinski definition) is 2. The molecular weight excluding hydrogens is 490 g/mol. The van der Waals surface area contributed by atoms with Gasteiger partial charge in [0.2, 0.25) is 5.91 Å². The minimum Gasteiger partial charge on any atom is -0.356 e. The van der Waals surface area contributed by atoms with Crippen molar-refractivity contribution in [3.05, 3.63) is 30.1 Å². The lowest BCUT2D eigenvalue weighted by molar-refractivity contribution is -0.134. The molecule has 2 fully saturated rings. The van der Waals surface area contributed by atoms with Crippen molar-refractivity contribution < 1.29 is 9.18 Å². The van der Waals surface area contributed by atoms with E-state index in [0.29, 0.717) is 5.91 Å². The molecule has 156 valence electrons. The molecule has 2 aliphatic rings. The van der Waals surface area contributed by atoms with Crippen LogP contribution in [0.15, 0.2) is 34.2 Å². The zero-order valence-corrected chi connectivity index (χ0v) is 19.5. The lowest BCUT2D eigenvalue weighted by atomic mass is 10.1. The summed E-state index contributed by atoms with van der Waals surface area (Å²) in [6, 6.07) is 6.80. The van der Waals surface area contributed by atoms with Crippen LogP contribution in [-0.4, -0.2) is 55.2 Å². The normalized spacial score (nSPS) is 20.1. The molecule has 8 heteroatoms. The first-order valence-electron chi connectivity index (χ1n) is 9.80. The fourth-order valence-corrected chi connectivity index (χ4v) is 4.53. The molecule has 1 aromatic rings. The molecule has 1 atom stereocenters. The Balaban J connectivity index is 0.00000280. The maximum atomic E-state index is 12.9. The van der Waals surface area contributed by atoms with Gasteiger partial charge in [-0.1, -0.05) is 12.8 Å². The standard InChI is InChI=1S/C20H29FN4OS.HI/c1-22-20(23-11-13-27-18-8-6-16(21)7-9-18)24-17-10-12-25(14-17)19(26)15-4-2-3-5-15;/h6-9,15,17H,2-5,10-14H2,1H3,(H2,22,23,24);1H. The van der Waals surface area contributed by atoms with E-state index >= 15 is 0 Å². The number of halogens is 2. The van der Waals surface area contributed by atoms with Gasteiger partial charge in [-0.05, 0) is 43.5 Å². The number of amides is 1. The number of rotatable bonds is 6. The summed E-state index contributed by atoms with van der Waals surface area (Å²) < 4.78 is 12.9. The van der Waals surface area contributed by atoms with Crippen molar-refractivity contribution in [2.45, 2.75) is 43.0 Å². The van der Waals surface area contributed by atoms with Gasteiger partial charge in [0.15, 0.2) is 5.96 Å². The summed E-state index contributed by atoms with van der Waals surface area (Å²) in [7, 11) is 1.76. The second-order valence-electron chi connectivity index (χ2n) is 7.20. The van der Waals surface area contributed by atoms with Crippen LogP contribution in [0.5, 0.6) is 0 Å². The highest BCUT2D eigenvalue weighted by atomic mass is 127. The monoisotopic (exact) mass is 520 g/mol. The number of likely N-dealkylation sites (tertiary alicyclic amines) is 1. The van der Waals surface area contributed by atoms with Crippen LogP contribution in [0.3, 0.4) is 0 Å². The van der Waals surface area contributed by atoms with Crippen LogP contribution in [0.4, 0.5) is 4.39 Å². The van der Waals surface area contributed by atoms with Gasteiger partial charge in [-0.25, -0.2) is 4.39 Å². The molecule has 0 aromatic heterocycles. The lowest BCUT2D eigenvalue weighted by Crippen LogP contribution is -2.45. The van der Waals surface area contributed by atoms with E-state index < -0.39 is 0 Å². The Hall–Kier alpha value is -1.03. The summed E-state index contributed by atoms with van der Waals surface area (Å²) in [6.45, 7) is 2.37. The lowest BCUT2D eigenvalue weighted by Gasteiger charge is -2.21. The summed E-state index contributed by atoms with van der Waals surface area (Å²) in [5, 5.41) is 6.75. The maximum Gasteiger partial charge on any atom is 0.225 e. The van der Waals surface area contributed by atoms with Gasteiger partial charge in [0.05, 0.1) is 0 Å². The minimum atomic E-state index is -0.209. The first-order chi connectivity index (χ1) is 13.2. The Morgan fingerprint density at radius 3 is 2.64 bits per heavy atom. The Bertz CT molecular complexity index is 652. The van der Waals surface area contributed by atoms with Crippen LogP contribution in [0.1, 0.15) is 32.1 Å². The van der Waals surface area contributed by atoms with E-state index in [1.807, 2.05) is 4.90 Å². The summed E-state index contributed by atoms with van der Waals surface area (Å²) >= 11 is 1.68. The third-order valence-electron chi connectivity index (χ3n) is 5.25. The Morgan fingerprint density at radius 1 is 1.25 bits per heavy atom. The van der Waals surface area contributed by atoms with E-state index in [1.165, 1.54) is 25.0 Å². The van der Waals surface area contributed by atoms with Gasteiger partial charge in [-0.2, -0.15) is 0 Å². The summed E-state index contributed by atoms with van der Waals surface area (Å²) in [4.78, 5) is 19.9. The molecule has 1 aliphatic heterocycles. The van der Waals surface area contributed by atoms with Crippen molar-refractivity contribution in [3.63, 3.8) is 0 Å². The fourth-order valence-electron chi connectivity index (χ4n) is 3.77. The Kier molecular flexibility index (Phi) is 9.84. The van der Waals surface area contributed by atoms with Crippen molar-refractivity contribution in [2.75, 3.05) is 32.4 Å². The van der Waals surface area contributed by atoms with Crippen molar-refractivity contribution in [1.29, 1.82) is 0 Å². The van der Waals surface area contributed by atoms with Gasteiger partial charge in [0, 0.05) is 49.3 Å². The molecule has 1 amide bonds. The number of nitrogens with one attached hydrogen (secondary N) is 2. The van der Waals surface area contributed by atoms with Gasteiger partial charge >= 0.3 is 0 Å². The molecule has 1 heterocycles.